The monoisotopic (exact) mass is 428 g/mol. The summed E-state index contributed by atoms with van der Waals surface area (Å²) in [6.45, 7) is 3.43. The van der Waals surface area contributed by atoms with Crippen molar-refractivity contribution in [2.45, 2.75) is 25.0 Å². The van der Waals surface area contributed by atoms with Gasteiger partial charge in [0.05, 0.1) is 37.8 Å². The van der Waals surface area contributed by atoms with E-state index in [0.29, 0.717) is 11.7 Å². The van der Waals surface area contributed by atoms with E-state index in [9.17, 15) is 9.18 Å². The second-order valence-electron chi connectivity index (χ2n) is 7.54. The summed E-state index contributed by atoms with van der Waals surface area (Å²) in [5.74, 6) is -0.943. The number of nitrogens with two attached hydrogens (primary N) is 1. The molecular formula is C19H21FN8O3. The molecule has 2 aliphatic heterocycles. The fourth-order valence-electron chi connectivity index (χ4n) is 3.78. The van der Waals surface area contributed by atoms with Gasteiger partial charge >= 0.3 is 0 Å². The number of carbonyl (C=O) groups excluding carboxylic acids is 1. The minimum atomic E-state index is -0.593. The van der Waals surface area contributed by atoms with E-state index in [1.54, 1.807) is 0 Å². The topological polar surface area (TPSA) is 133 Å². The lowest BCUT2D eigenvalue weighted by atomic mass is 10.0. The van der Waals surface area contributed by atoms with E-state index < -0.39 is 11.7 Å². The minimum Gasteiger partial charge on any atom is -0.473 e. The van der Waals surface area contributed by atoms with E-state index in [-0.39, 0.29) is 29.0 Å². The quantitative estimate of drug-likeness (QED) is 0.603. The molecule has 0 bridgehead atoms. The Kier molecular flexibility index (Phi) is 5.08. The standard InChI is InChI=1S/C19H21FN8O3/c20-11-5-23-17-15(16(21)26-28(17)7-11)18(29)25-14-6-22-10-24-19(14)31-13-1-3-27(4-2-13)12-8-30-9-12/h5-7,10,12-13H,1-4,8-9H2,(H2,21,26)(H,25,29). The van der Waals surface area contributed by atoms with E-state index >= 15 is 0 Å². The molecule has 2 aliphatic rings. The number of fused-ring (bicyclic) bond motifs is 1. The van der Waals surface area contributed by atoms with Gasteiger partial charge in [0.15, 0.2) is 17.3 Å². The van der Waals surface area contributed by atoms with Gasteiger partial charge in [-0.25, -0.2) is 18.9 Å². The fourth-order valence-corrected chi connectivity index (χ4v) is 3.78. The summed E-state index contributed by atoms with van der Waals surface area (Å²) in [5, 5.41) is 6.65. The van der Waals surface area contributed by atoms with Crippen LogP contribution in [0, 0.1) is 5.82 Å². The first kappa shape index (κ1) is 19.6. The Hall–Kier alpha value is -3.38. The van der Waals surface area contributed by atoms with E-state index in [0.717, 1.165) is 56.1 Å². The van der Waals surface area contributed by atoms with Crippen LogP contribution in [0.4, 0.5) is 15.9 Å². The average molecular weight is 428 g/mol. The first-order valence-corrected chi connectivity index (χ1v) is 9.97. The Morgan fingerprint density at radius 1 is 1.26 bits per heavy atom. The summed E-state index contributed by atoms with van der Waals surface area (Å²) in [6, 6.07) is 0.508. The predicted octanol–water partition coefficient (Wildman–Crippen LogP) is 0.735. The van der Waals surface area contributed by atoms with Gasteiger partial charge in [0.25, 0.3) is 5.91 Å². The molecule has 0 radical (unpaired) electrons. The lowest BCUT2D eigenvalue weighted by molar-refractivity contribution is -0.0779. The van der Waals surface area contributed by atoms with Crippen LogP contribution in [0.3, 0.4) is 0 Å². The molecule has 0 aliphatic carbocycles. The van der Waals surface area contributed by atoms with Crippen LogP contribution >= 0.6 is 0 Å². The molecule has 12 heteroatoms. The molecule has 0 unspecified atom stereocenters. The molecule has 1 amide bonds. The molecule has 5 heterocycles. The number of hydrogen-bond donors (Lipinski definition) is 2. The highest BCUT2D eigenvalue weighted by atomic mass is 19.1. The van der Waals surface area contributed by atoms with Crippen molar-refractivity contribution in [2.75, 3.05) is 37.4 Å². The number of ether oxygens (including phenoxy) is 2. The van der Waals surface area contributed by atoms with Gasteiger partial charge in [-0.2, -0.15) is 4.98 Å². The van der Waals surface area contributed by atoms with Crippen LogP contribution in [0.2, 0.25) is 0 Å². The van der Waals surface area contributed by atoms with Crippen LogP contribution in [0.25, 0.3) is 5.65 Å². The smallest absolute Gasteiger partial charge is 0.263 e. The number of amides is 1. The van der Waals surface area contributed by atoms with E-state index in [1.807, 2.05) is 0 Å². The molecule has 0 atom stereocenters. The molecule has 3 N–H and O–H groups in total. The predicted molar refractivity (Wildman–Crippen MR) is 107 cm³/mol. The number of nitrogen functional groups attached to an aromatic ring is 1. The number of hydrogen-bond acceptors (Lipinski definition) is 9. The van der Waals surface area contributed by atoms with Crippen molar-refractivity contribution >= 4 is 23.1 Å². The third kappa shape index (κ3) is 3.86. The number of nitrogens with one attached hydrogen (secondary N) is 1. The lowest BCUT2D eigenvalue weighted by Gasteiger charge is -2.41. The van der Waals surface area contributed by atoms with Gasteiger partial charge in [0, 0.05) is 13.1 Å². The number of piperidine rings is 1. The molecule has 0 aromatic carbocycles. The molecule has 162 valence electrons. The first-order chi connectivity index (χ1) is 15.1. The van der Waals surface area contributed by atoms with Crippen molar-refractivity contribution in [1.82, 2.24) is 29.5 Å². The van der Waals surface area contributed by atoms with Crippen LogP contribution in [0.5, 0.6) is 5.88 Å². The van der Waals surface area contributed by atoms with Gasteiger partial charge in [-0.1, -0.05) is 0 Å². The van der Waals surface area contributed by atoms with Crippen molar-refractivity contribution in [3.8, 4) is 5.88 Å². The van der Waals surface area contributed by atoms with Crippen LogP contribution in [0.15, 0.2) is 24.9 Å². The van der Waals surface area contributed by atoms with Crippen LogP contribution in [-0.2, 0) is 4.74 Å². The maximum Gasteiger partial charge on any atom is 0.263 e. The number of likely N-dealkylation sites (tertiary alicyclic amines) is 1. The molecule has 5 rings (SSSR count). The van der Waals surface area contributed by atoms with E-state index in [4.69, 9.17) is 15.2 Å². The lowest BCUT2D eigenvalue weighted by Crippen LogP contribution is -2.52. The molecular weight excluding hydrogens is 407 g/mol. The second kappa shape index (κ2) is 8.04. The molecule has 2 fully saturated rings. The zero-order valence-corrected chi connectivity index (χ0v) is 16.6. The van der Waals surface area contributed by atoms with Crippen molar-refractivity contribution in [2.24, 2.45) is 0 Å². The van der Waals surface area contributed by atoms with Crippen molar-refractivity contribution in [1.29, 1.82) is 0 Å². The maximum absolute atomic E-state index is 13.4. The summed E-state index contributed by atoms with van der Waals surface area (Å²) in [5.41, 5.74) is 6.35. The largest absolute Gasteiger partial charge is 0.473 e. The van der Waals surface area contributed by atoms with Gasteiger partial charge in [-0.05, 0) is 12.8 Å². The van der Waals surface area contributed by atoms with Crippen LogP contribution in [-0.4, -0.2) is 73.8 Å². The number of halogens is 1. The highest BCUT2D eigenvalue weighted by Crippen LogP contribution is 2.27. The Morgan fingerprint density at radius 2 is 2.06 bits per heavy atom. The Balaban J connectivity index is 1.30. The molecule has 2 saturated heterocycles. The summed E-state index contributed by atoms with van der Waals surface area (Å²) in [6.07, 6.45) is 6.59. The van der Waals surface area contributed by atoms with Crippen molar-refractivity contribution < 1.29 is 18.7 Å². The number of anilines is 2. The summed E-state index contributed by atoms with van der Waals surface area (Å²) in [4.78, 5) is 27.4. The van der Waals surface area contributed by atoms with Crippen LogP contribution < -0.4 is 15.8 Å². The third-order valence-corrected chi connectivity index (χ3v) is 5.51. The number of carbonyl (C=O) groups is 1. The number of aromatic nitrogens is 5. The normalized spacial score (nSPS) is 18.1. The molecule has 31 heavy (non-hydrogen) atoms. The highest BCUT2D eigenvalue weighted by molar-refractivity contribution is 6.11. The number of nitrogens with zero attached hydrogens (tertiary/aromatic N) is 6. The average Bonchev–Trinajstić information content (AvgIpc) is 3.04. The fraction of sp³-hybridized carbons (Fsp3) is 0.421. The third-order valence-electron chi connectivity index (χ3n) is 5.51. The molecule has 3 aromatic heterocycles. The Labute approximate surface area is 176 Å². The Morgan fingerprint density at radius 3 is 2.81 bits per heavy atom. The molecule has 0 spiro atoms. The SMILES string of the molecule is Nc1nn2cc(F)cnc2c1C(=O)Nc1cncnc1OC1CCN(C2COC2)CC1. The number of rotatable bonds is 5. The second-order valence-corrected chi connectivity index (χ2v) is 7.54. The zero-order chi connectivity index (χ0) is 21.4. The van der Waals surface area contributed by atoms with Gasteiger partial charge in [-0.3, -0.25) is 9.69 Å². The molecule has 0 saturated carbocycles. The molecule has 11 nitrogen and oxygen atoms in total. The highest BCUT2D eigenvalue weighted by Gasteiger charge is 2.31. The van der Waals surface area contributed by atoms with E-state index in [1.165, 1.54) is 12.5 Å². The van der Waals surface area contributed by atoms with Gasteiger partial charge in [-0.15, -0.1) is 5.10 Å². The van der Waals surface area contributed by atoms with Gasteiger partial charge < -0.3 is 20.5 Å². The van der Waals surface area contributed by atoms with E-state index in [2.05, 4.69) is 30.3 Å². The van der Waals surface area contributed by atoms with Gasteiger partial charge in [0.1, 0.15) is 23.7 Å². The summed E-state index contributed by atoms with van der Waals surface area (Å²) < 4.78 is 25.9. The van der Waals surface area contributed by atoms with Gasteiger partial charge in [0.2, 0.25) is 5.88 Å². The molecule has 3 aromatic rings. The zero-order valence-electron chi connectivity index (χ0n) is 16.6. The maximum atomic E-state index is 13.4. The first-order valence-electron chi connectivity index (χ1n) is 9.97. The van der Waals surface area contributed by atoms with Crippen molar-refractivity contribution in [3.63, 3.8) is 0 Å². The van der Waals surface area contributed by atoms with Crippen LogP contribution in [0.1, 0.15) is 23.2 Å². The minimum absolute atomic E-state index is 0.0190. The summed E-state index contributed by atoms with van der Waals surface area (Å²) in [7, 11) is 0. The summed E-state index contributed by atoms with van der Waals surface area (Å²) >= 11 is 0. The Bertz CT molecular complexity index is 1110. The van der Waals surface area contributed by atoms with Crippen molar-refractivity contribution in [3.05, 3.63) is 36.3 Å².